The first-order valence-corrected chi connectivity index (χ1v) is 9.07. The Morgan fingerprint density at radius 1 is 0.966 bits per heavy atom. The molecule has 3 aromatic heterocycles. The number of benzene rings is 1. The highest BCUT2D eigenvalue weighted by atomic mass is 19.4. The molecular formula is C20H17F3N4O2. The average molecular weight is 402 g/mol. The fraction of sp³-hybridized carbons (Fsp3) is 0.250. The number of aryl methyl sites for hydroxylation is 2. The van der Waals surface area contributed by atoms with Crippen molar-refractivity contribution in [3.8, 4) is 11.4 Å². The number of hydrogen-bond donors (Lipinski definition) is 0. The molecule has 6 nitrogen and oxygen atoms in total. The van der Waals surface area contributed by atoms with Crippen molar-refractivity contribution in [1.82, 2.24) is 19.3 Å². The Hall–Kier alpha value is -3.36. The molecule has 0 atom stereocenters. The fourth-order valence-electron chi connectivity index (χ4n) is 3.19. The van der Waals surface area contributed by atoms with Crippen LogP contribution in [0, 0.1) is 0 Å². The SMILES string of the molecule is O=c1cc(-c2noc(C(F)(F)F)n2)ccn1CCCCn1ccc2ccccc21. The van der Waals surface area contributed by atoms with Gasteiger partial charge in [0.2, 0.25) is 5.82 Å². The van der Waals surface area contributed by atoms with Crippen LogP contribution >= 0.6 is 0 Å². The summed E-state index contributed by atoms with van der Waals surface area (Å²) in [6.45, 7) is 1.35. The summed E-state index contributed by atoms with van der Waals surface area (Å²) in [5.41, 5.74) is 1.03. The summed E-state index contributed by atoms with van der Waals surface area (Å²) in [6.07, 6.45) is 0.530. The van der Waals surface area contributed by atoms with Crippen LogP contribution in [0.25, 0.3) is 22.3 Å². The maximum atomic E-state index is 12.6. The third-order valence-corrected chi connectivity index (χ3v) is 4.65. The van der Waals surface area contributed by atoms with Crippen molar-refractivity contribution in [1.29, 1.82) is 0 Å². The van der Waals surface area contributed by atoms with Gasteiger partial charge < -0.3 is 13.7 Å². The van der Waals surface area contributed by atoms with Gasteiger partial charge in [0, 0.05) is 42.6 Å². The zero-order valence-electron chi connectivity index (χ0n) is 15.3. The Labute approximate surface area is 163 Å². The van der Waals surface area contributed by atoms with Gasteiger partial charge in [0.15, 0.2) is 0 Å². The lowest BCUT2D eigenvalue weighted by Gasteiger charge is -2.08. The molecule has 4 aromatic rings. The average Bonchev–Trinajstić information content (AvgIpc) is 3.34. The van der Waals surface area contributed by atoms with Crippen molar-refractivity contribution in [3.63, 3.8) is 0 Å². The Kier molecular flexibility index (Phi) is 4.96. The minimum absolute atomic E-state index is 0.185. The van der Waals surface area contributed by atoms with E-state index < -0.39 is 12.1 Å². The Morgan fingerprint density at radius 3 is 2.41 bits per heavy atom. The quantitative estimate of drug-likeness (QED) is 0.450. The molecule has 150 valence electrons. The molecule has 4 rings (SSSR count). The topological polar surface area (TPSA) is 65.8 Å². The van der Waals surface area contributed by atoms with Gasteiger partial charge in [0.1, 0.15) is 0 Å². The summed E-state index contributed by atoms with van der Waals surface area (Å²) in [5.74, 6) is -1.70. The van der Waals surface area contributed by atoms with E-state index in [1.54, 1.807) is 0 Å². The third-order valence-electron chi connectivity index (χ3n) is 4.65. The number of alkyl halides is 3. The lowest BCUT2D eigenvalue weighted by atomic mass is 10.2. The molecule has 0 bridgehead atoms. The molecule has 0 amide bonds. The summed E-state index contributed by atoms with van der Waals surface area (Å²) in [4.78, 5) is 15.6. The van der Waals surface area contributed by atoms with E-state index in [-0.39, 0.29) is 16.9 Å². The Bertz CT molecular complexity index is 1190. The van der Waals surface area contributed by atoms with E-state index >= 15 is 0 Å². The molecule has 0 saturated carbocycles. The molecule has 0 unspecified atom stereocenters. The van der Waals surface area contributed by atoms with Gasteiger partial charge in [-0.3, -0.25) is 4.79 Å². The van der Waals surface area contributed by atoms with Crippen molar-refractivity contribution in [3.05, 3.63) is 71.1 Å². The van der Waals surface area contributed by atoms with Crippen LogP contribution in [0.15, 0.2) is 64.2 Å². The molecule has 0 aliphatic rings. The number of pyridine rings is 1. The number of nitrogens with zero attached hydrogens (tertiary/aromatic N) is 4. The number of unbranched alkanes of at least 4 members (excludes halogenated alkanes) is 1. The van der Waals surface area contributed by atoms with E-state index in [9.17, 15) is 18.0 Å². The molecule has 9 heteroatoms. The third kappa shape index (κ3) is 4.08. The van der Waals surface area contributed by atoms with Crippen molar-refractivity contribution in [2.45, 2.75) is 32.1 Å². The van der Waals surface area contributed by atoms with Crippen LogP contribution in [-0.2, 0) is 19.3 Å². The van der Waals surface area contributed by atoms with Crippen molar-refractivity contribution >= 4 is 10.9 Å². The van der Waals surface area contributed by atoms with E-state index in [1.807, 2.05) is 18.3 Å². The summed E-state index contributed by atoms with van der Waals surface area (Å²) >= 11 is 0. The van der Waals surface area contributed by atoms with Crippen LogP contribution in [0.1, 0.15) is 18.7 Å². The maximum absolute atomic E-state index is 12.6. The maximum Gasteiger partial charge on any atom is 0.471 e. The summed E-state index contributed by atoms with van der Waals surface area (Å²) in [7, 11) is 0. The van der Waals surface area contributed by atoms with E-state index in [2.05, 4.69) is 37.4 Å². The lowest BCUT2D eigenvalue weighted by Crippen LogP contribution is -2.19. The molecule has 0 radical (unpaired) electrons. The first-order valence-electron chi connectivity index (χ1n) is 9.07. The standard InChI is InChI=1S/C20H17F3N4O2/c21-20(22,23)19-24-18(25-29-19)15-8-12-27(17(28)13-15)10-4-3-9-26-11-7-14-5-1-2-6-16(14)26/h1-2,5-8,11-13H,3-4,9-10H2. The molecule has 0 aliphatic carbocycles. The summed E-state index contributed by atoms with van der Waals surface area (Å²) < 4.78 is 45.6. The minimum atomic E-state index is -4.72. The van der Waals surface area contributed by atoms with Crippen LogP contribution in [0.2, 0.25) is 0 Å². The second kappa shape index (κ2) is 7.57. The molecule has 0 fully saturated rings. The van der Waals surface area contributed by atoms with E-state index in [0.717, 1.165) is 19.4 Å². The predicted octanol–water partition coefficient (Wildman–Crippen LogP) is 4.35. The number of hydrogen-bond acceptors (Lipinski definition) is 4. The molecule has 0 spiro atoms. The van der Waals surface area contributed by atoms with E-state index in [0.29, 0.717) is 6.54 Å². The highest BCUT2D eigenvalue weighted by Crippen LogP contribution is 2.29. The molecular weight excluding hydrogens is 385 g/mol. The first-order chi connectivity index (χ1) is 13.9. The molecule has 0 aliphatic heterocycles. The van der Waals surface area contributed by atoms with Crippen LogP contribution in [0.3, 0.4) is 0 Å². The fourth-order valence-corrected chi connectivity index (χ4v) is 3.19. The summed E-state index contributed by atoms with van der Waals surface area (Å²) in [5, 5.41) is 4.48. The minimum Gasteiger partial charge on any atom is -0.347 e. The zero-order valence-corrected chi connectivity index (χ0v) is 15.3. The van der Waals surface area contributed by atoms with Crippen molar-refractivity contribution in [2.75, 3.05) is 0 Å². The van der Waals surface area contributed by atoms with Gasteiger partial charge in [-0.15, -0.1) is 0 Å². The van der Waals surface area contributed by atoms with Crippen molar-refractivity contribution in [2.24, 2.45) is 0 Å². The van der Waals surface area contributed by atoms with Gasteiger partial charge in [0.05, 0.1) is 0 Å². The van der Waals surface area contributed by atoms with Gasteiger partial charge in [-0.05, 0) is 36.4 Å². The first kappa shape index (κ1) is 19.0. The highest BCUT2D eigenvalue weighted by Gasteiger charge is 2.38. The van der Waals surface area contributed by atoms with E-state index in [4.69, 9.17) is 0 Å². The monoisotopic (exact) mass is 402 g/mol. The number of fused-ring (bicyclic) bond motifs is 1. The highest BCUT2D eigenvalue weighted by molar-refractivity contribution is 5.79. The number of halogens is 3. The van der Waals surface area contributed by atoms with Gasteiger partial charge >= 0.3 is 12.1 Å². The number of para-hydroxylation sites is 1. The smallest absolute Gasteiger partial charge is 0.347 e. The Balaban J connectivity index is 1.37. The molecule has 0 N–H and O–H groups in total. The van der Waals surface area contributed by atoms with Crippen molar-refractivity contribution < 1.29 is 17.7 Å². The van der Waals surface area contributed by atoms with Crippen LogP contribution in [-0.4, -0.2) is 19.3 Å². The van der Waals surface area contributed by atoms with E-state index in [1.165, 1.54) is 33.8 Å². The van der Waals surface area contributed by atoms with Crippen LogP contribution in [0.4, 0.5) is 13.2 Å². The largest absolute Gasteiger partial charge is 0.471 e. The van der Waals surface area contributed by atoms with Crippen LogP contribution in [0.5, 0.6) is 0 Å². The summed E-state index contributed by atoms with van der Waals surface area (Å²) in [6, 6.07) is 12.9. The number of aromatic nitrogens is 4. The number of rotatable bonds is 6. The normalized spacial score (nSPS) is 12.0. The Morgan fingerprint density at radius 2 is 1.69 bits per heavy atom. The molecule has 3 heterocycles. The van der Waals surface area contributed by atoms with Crippen LogP contribution < -0.4 is 5.56 Å². The van der Waals surface area contributed by atoms with Gasteiger partial charge in [0.25, 0.3) is 5.56 Å². The molecule has 0 saturated heterocycles. The molecule has 1 aromatic carbocycles. The second-order valence-corrected chi connectivity index (χ2v) is 6.64. The lowest BCUT2D eigenvalue weighted by molar-refractivity contribution is -0.159. The van der Waals surface area contributed by atoms with Gasteiger partial charge in [-0.1, -0.05) is 23.4 Å². The van der Waals surface area contributed by atoms with Gasteiger partial charge in [-0.2, -0.15) is 18.2 Å². The molecule has 29 heavy (non-hydrogen) atoms. The zero-order chi connectivity index (χ0) is 20.4. The predicted molar refractivity (Wildman–Crippen MR) is 100 cm³/mol. The second-order valence-electron chi connectivity index (χ2n) is 6.64. The van der Waals surface area contributed by atoms with Gasteiger partial charge in [-0.25, -0.2) is 0 Å².